The number of anilines is 1. The Bertz CT molecular complexity index is 1020. The molecule has 0 atom stereocenters. The van der Waals surface area contributed by atoms with Gasteiger partial charge in [-0.2, -0.15) is 0 Å². The molecular weight excluding hydrogens is 393 g/mol. The zero-order chi connectivity index (χ0) is 18.3. The Morgan fingerprint density at radius 1 is 1.04 bits per heavy atom. The summed E-state index contributed by atoms with van der Waals surface area (Å²) in [5, 5.41) is 0.665. The van der Waals surface area contributed by atoms with E-state index in [-0.39, 0.29) is 12.6 Å². The predicted molar refractivity (Wildman–Crippen MR) is 103 cm³/mol. The summed E-state index contributed by atoms with van der Waals surface area (Å²) in [6.07, 6.45) is 0. The Hall–Kier alpha value is -2.34. The number of fused-ring (bicyclic) bond motifs is 1. The van der Waals surface area contributed by atoms with Crippen LogP contribution < -0.4 is 4.90 Å². The van der Waals surface area contributed by atoms with Crippen molar-refractivity contribution in [3.05, 3.63) is 75.1 Å². The van der Waals surface area contributed by atoms with E-state index in [1.807, 2.05) is 36.4 Å². The van der Waals surface area contributed by atoms with Gasteiger partial charge in [0.15, 0.2) is 6.73 Å². The van der Waals surface area contributed by atoms with E-state index >= 15 is 0 Å². The molecule has 1 aliphatic heterocycles. The van der Waals surface area contributed by atoms with Crippen molar-refractivity contribution in [3.63, 3.8) is 0 Å². The van der Waals surface area contributed by atoms with Crippen LogP contribution in [0.15, 0.2) is 54.6 Å². The lowest BCUT2D eigenvalue weighted by atomic mass is 10.1. The van der Waals surface area contributed by atoms with Crippen molar-refractivity contribution in [1.29, 1.82) is 0 Å². The Labute approximate surface area is 163 Å². The van der Waals surface area contributed by atoms with Crippen molar-refractivity contribution < 1.29 is 14.3 Å². The van der Waals surface area contributed by atoms with Crippen LogP contribution in [0.25, 0.3) is 10.4 Å². The average Bonchev–Trinajstić information content (AvgIpc) is 3.11. The summed E-state index contributed by atoms with van der Waals surface area (Å²) in [6.45, 7) is -0.143. The van der Waals surface area contributed by atoms with Crippen molar-refractivity contribution in [3.8, 4) is 10.4 Å². The molecule has 1 amide bonds. The maximum atomic E-state index is 12.9. The third-order valence-electron chi connectivity index (χ3n) is 3.98. The third kappa shape index (κ3) is 2.98. The smallest absolute Gasteiger partial charge is 0.352 e. The molecule has 1 aromatic heterocycles. The summed E-state index contributed by atoms with van der Waals surface area (Å²) in [5.74, 6) is -0.736. The van der Waals surface area contributed by atoms with Crippen molar-refractivity contribution in [2.24, 2.45) is 0 Å². The first-order valence-corrected chi connectivity index (χ1v) is 9.25. The second-order valence-corrected chi connectivity index (χ2v) is 7.48. The fourth-order valence-corrected chi connectivity index (χ4v) is 4.04. The van der Waals surface area contributed by atoms with Gasteiger partial charge in [0.1, 0.15) is 4.88 Å². The summed E-state index contributed by atoms with van der Waals surface area (Å²) in [4.78, 5) is 27.8. The molecule has 2 heterocycles. The first kappa shape index (κ1) is 17.1. The van der Waals surface area contributed by atoms with E-state index in [1.54, 1.807) is 12.1 Å². The molecule has 0 saturated carbocycles. The fraction of sp³-hybridized carbons (Fsp3) is 0.0526. The molecule has 3 aromatic rings. The molecule has 4 nitrogen and oxygen atoms in total. The molecule has 7 heteroatoms. The summed E-state index contributed by atoms with van der Waals surface area (Å²) in [5.41, 5.74) is 1.89. The lowest BCUT2D eigenvalue weighted by Gasteiger charge is -2.26. The molecular formula is C19H11Cl2NO3S. The average molecular weight is 404 g/mol. The van der Waals surface area contributed by atoms with Gasteiger partial charge in [0.25, 0.3) is 5.91 Å². The van der Waals surface area contributed by atoms with E-state index in [1.165, 1.54) is 22.3 Å². The number of hydrogen-bond acceptors (Lipinski definition) is 4. The monoisotopic (exact) mass is 403 g/mol. The molecule has 2 aromatic carbocycles. The third-order valence-corrected chi connectivity index (χ3v) is 5.88. The van der Waals surface area contributed by atoms with Crippen molar-refractivity contribution >= 4 is 52.1 Å². The Morgan fingerprint density at radius 3 is 2.54 bits per heavy atom. The standard InChI is InChI=1S/C19H11Cl2NO3S/c20-13-7-6-12(8-14(13)21)18(23)22-10-25-19(24)17-15(22)9-16(26-17)11-4-2-1-3-5-11/h1-9H,10H2. The van der Waals surface area contributed by atoms with Gasteiger partial charge in [-0.1, -0.05) is 53.5 Å². The van der Waals surface area contributed by atoms with Crippen molar-refractivity contribution in [2.45, 2.75) is 0 Å². The number of nitrogens with zero attached hydrogens (tertiary/aromatic N) is 1. The molecule has 0 unspecified atom stereocenters. The van der Waals surface area contributed by atoms with Crippen LogP contribution in [0.1, 0.15) is 20.0 Å². The summed E-state index contributed by atoms with van der Waals surface area (Å²) >= 11 is 13.2. The normalized spacial score (nSPS) is 13.3. The van der Waals surface area contributed by atoms with Gasteiger partial charge < -0.3 is 4.74 Å². The minimum atomic E-state index is -0.426. The highest BCUT2D eigenvalue weighted by atomic mass is 35.5. The van der Waals surface area contributed by atoms with E-state index in [2.05, 4.69) is 0 Å². The van der Waals surface area contributed by atoms with E-state index in [0.717, 1.165) is 10.4 Å². The Morgan fingerprint density at radius 2 is 1.81 bits per heavy atom. The van der Waals surface area contributed by atoms with Crippen LogP contribution in [-0.2, 0) is 4.74 Å². The number of hydrogen-bond donors (Lipinski definition) is 0. The van der Waals surface area contributed by atoms with Crippen LogP contribution in [0, 0.1) is 0 Å². The SMILES string of the molecule is O=C1OCN(C(=O)c2ccc(Cl)c(Cl)c2)c2cc(-c3ccccc3)sc21. The van der Waals surface area contributed by atoms with E-state index in [0.29, 0.717) is 26.2 Å². The van der Waals surface area contributed by atoms with Crippen LogP contribution in [0.5, 0.6) is 0 Å². The predicted octanol–water partition coefficient (Wildman–Crippen LogP) is 5.50. The van der Waals surface area contributed by atoms with Gasteiger partial charge in [-0.3, -0.25) is 9.69 Å². The summed E-state index contributed by atoms with van der Waals surface area (Å²) in [6, 6.07) is 16.2. The van der Waals surface area contributed by atoms with Gasteiger partial charge in [-0.15, -0.1) is 11.3 Å². The second-order valence-electron chi connectivity index (χ2n) is 5.61. The van der Waals surface area contributed by atoms with E-state index in [4.69, 9.17) is 27.9 Å². The topological polar surface area (TPSA) is 46.6 Å². The highest BCUT2D eigenvalue weighted by Crippen LogP contribution is 2.40. The number of carbonyl (C=O) groups is 2. The maximum Gasteiger partial charge on any atom is 0.352 e. The number of halogens is 2. The highest BCUT2D eigenvalue weighted by molar-refractivity contribution is 7.18. The number of ether oxygens (including phenoxy) is 1. The highest BCUT2D eigenvalue weighted by Gasteiger charge is 2.32. The molecule has 0 saturated heterocycles. The maximum absolute atomic E-state index is 12.9. The fourth-order valence-electron chi connectivity index (χ4n) is 2.68. The Kier molecular flexibility index (Phi) is 4.44. The zero-order valence-corrected chi connectivity index (χ0v) is 15.6. The Balaban J connectivity index is 1.75. The molecule has 4 rings (SSSR count). The van der Waals surface area contributed by atoms with E-state index < -0.39 is 5.97 Å². The van der Waals surface area contributed by atoms with E-state index in [9.17, 15) is 9.59 Å². The number of amides is 1. The lowest BCUT2D eigenvalue weighted by Crippen LogP contribution is -2.38. The second kappa shape index (κ2) is 6.76. The summed E-state index contributed by atoms with van der Waals surface area (Å²) < 4.78 is 5.18. The van der Waals surface area contributed by atoms with Crippen LogP contribution >= 0.6 is 34.5 Å². The molecule has 0 radical (unpaired) electrons. The van der Waals surface area contributed by atoms with Gasteiger partial charge in [-0.25, -0.2) is 4.79 Å². The number of esters is 1. The van der Waals surface area contributed by atoms with Crippen molar-refractivity contribution in [2.75, 3.05) is 11.6 Å². The van der Waals surface area contributed by atoms with Gasteiger partial charge in [0.05, 0.1) is 15.7 Å². The van der Waals surface area contributed by atoms with Crippen LogP contribution in [0.2, 0.25) is 10.0 Å². The molecule has 0 N–H and O–H groups in total. The lowest BCUT2D eigenvalue weighted by molar-refractivity contribution is 0.0481. The van der Waals surface area contributed by atoms with Gasteiger partial charge >= 0.3 is 5.97 Å². The van der Waals surface area contributed by atoms with Gasteiger partial charge in [0.2, 0.25) is 0 Å². The van der Waals surface area contributed by atoms with Crippen molar-refractivity contribution in [1.82, 2.24) is 0 Å². The first-order valence-electron chi connectivity index (χ1n) is 7.68. The van der Waals surface area contributed by atoms with Crippen LogP contribution in [0.3, 0.4) is 0 Å². The number of rotatable bonds is 2. The zero-order valence-electron chi connectivity index (χ0n) is 13.2. The van der Waals surface area contributed by atoms with Gasteiger partial charge in [-0.05, 0) is 29.8 Å². The minimum absolute atomic E-state index is 0.143. The first-order chi connectivity index (χ1) is 12.5. The molecule has 0 fully saturated rings. The summed E-state index contributed by atoms with van der Waals surface area (Å²) in [7, 11) is 0. The molecule has 1 aliphatic rings. The quantitative estimate of drug-likeness (QED) is 0.530. The molecule has 26 heavy (non-hydrogen) atoms. The number of thiophene rings is 1. The molecule has 0 spiro atoms. The van der Waals surface area contributed by atoms with Crippen LogP contribution in [0.4, 0.5) is 5.69 Å². The molecule has 130 valence electrons. The van der Waals surface area contributed by atoms with Crippen LogP contribution in [-0.4, -0.2) is 18.6 Å². The largest absolute Gasteiger partial charge is 0.440 e. The molecule has 0 bridgehead atoms. The van der Waals surface area contributed by atoms with Gasteiger partial charge in [0, 0.05) is 10.4 Å². The number of cyclic esters (lactones) is 1. The number of benzene rings is 2. The number of carbonyl (C=O) groups excluding carboxylic acids is 2. The minimum Gasteiger partial charge on any atom is -0.440 e. The molecule has 0 aliphatic carbocycles.